The molecule has 1 aliphatic carbocycles. The van der Waals surface area contributed by atoms with Gasteiger partial charge in [0.05, 0.1) is 21.0 Å². The molecule has 1 unspecified atom stereocenters. The second kappa shape index (κ2) is 9.06. The van der Waals surface area contributed by atoms with Crippen molar-refractivity contribution < 1.29 is 4.79 Å². The van der Waals surface area contributed by atoms with Gasteiger partial charge in [-0.1, -0.05) is 23.7 Å². The molecule has 0 radical (unpaired) electrons. The molecule has 134 valence electrons. The van der Waals surface area contributed by atoms with Gasteiger partial charge in [-0.25, -0.2) is 4.98 Å². The molecule has 1 atom stereocenters. The summed E-state index contributed by atoms with van der Waals surface area (Å²) in [6, 6.07) is 7.63. The largest absolute Gasteiger partial charge is 0.355 e. The number of thioether (sulfide) groups is 1. The Hall–Kier alpha value is -1.04. The fraction of sp³-hybridized carbons (Fsp3) is 0.474. The van der Waals surface area contributed by atoms with Crippen LogP contribution in [0.3, 0.4) is 0 Å². The number of nitrogens with one attached hydrogen (secondary N) is 1. The summed E-state index contributed by atoms with van der Waals surface area (Å²) in [6.45, 7) is 2.61. The fourth-order valence-electron chi connectivity index (χ4n) is 2.89. The molecule has 1 aliphatic rings. The van der Waals surface area contributed by atoms with Crippen LogP contribution >= 0.6 is 34.7 Å². The van der Waals surface area contributed by atoms with Gasteiger partial charge in [0.25, 0.3) is 0 Å². The van der Waals surface area contributed by atoms with Crippen molar-refractivity contribution in [1.29, 1.82) is 0 Å². The number of aryl methyl sites for hydroxylation is 3. The Labute approximate surface area is 162 Å². The zero-order valence-electron chi connectivity index (χ0n) is 14.4. The lowest BCUT2D eigenvalue weighted by Crippen LogP contribution is -2.31. The molecule has 1 amide bonds. The number of aromatic nitrogens is 1. The third kappa shape index (κ3) is 5.22. The highest BCUT2D eigenvalue weighted by Crippen LogP contribution is 2.30. The van der Waals surface area contributed by atoms with Gasteiger partial charge in [0.15, 0.2) is 0 Å². The molecule has 0 spiro atoms. The lowest BCUT2D eigenvalue weighted by atomic mass is 10.0. The maximum atomic E-state index is 12.2. The third-order valence-electron chi connectivity index (χ3n) is 4.27. The number of thiazole rings is 1. The molecule has 0 saturated heterocycles. The smallest absolute Gasteiger partial charge is 0.233 e. The molecule has 3 nitrogen and oxygen atoms in total. The summed E-state index contributed by atoms with van der Waals surface area (Å²) in [5.74, 6) is 0.0587. The number of rotatable bonds is 7. The van der Waals surface area contributed by atoms with E-state index in [4.69, 9.17) is 16.6 Å². The molecule has 1 N–H and O–H groups in total. The minimum Gasteiger partial charge on any atom is -0.355 e. The number of carbonyl (C=O) groups is 1. The van der Waals surface area contributed by atoms with Crippen LogP contribution in [0.1, 0.15) is 41.8 Å². The van der Waals surface area contributed by atoms with Crippen LogP contribution < -0.4 is 5.32 Å². The molecular formula is C19H23ClN2OS2. The van der Waals surface area contributed by atoms with Gasteiger partial charge in [-0.05, 0) is 51.2 Å². The quantitative estimate of drug-likeness (QED) is 0.536. The Balaban J connectivity index is 1.40. The lowest BCUT2D eigenvalue weighted by Gasteiger charge is -2.12. The summed E-state index contributed by atoms with van der Waals surface area (Å²) < 4.78 is 0. The molecule has 0 aliphatic heterocycles. The first-order valence-electron chi connectivity index (χ1n) is 8.80. The van der Waals surface area contributed by atoms with Crippen molar-refractivity contribution in [3.05, 3.63) is 44.9 Å². The van der Waals surface area contributed by atoms with E-state index in [1.54, 1.807) is 0 Å². The topological polar surface area (TPSA) is 42.0 Å². The second-order valence-corrected chi connectivity index (χ2v) is 9.23. The Kier molecular flexibility index (Phi) is 6.79. The number of benzene rings is 1. The van der Waals surface area contributed by atoms with Gasteiger partial charge in [-0.2, -0.15) is 0 Å². The SMILES string of the molecule is CC(Sc1ccccc1Cl)C(=O)NCCCc1nc2c(s1)CCCC2. The number of amides is 1. The summed E-state index contributed by atoms with van der Waals surface area (Å²) >= 11 is 9.51. The van der Waals surface area contributed by atoms with Gasteiger partial charge < -0.3 is 5.32 Å². The summed E-state index contributed by atoms with van der Waals surface area (Å²) in [6.07, 6.45) is 6.78. The first-order valence-corrected chi connectivity index (χ1v) is 10.9. The van der Waals surface area contributed by atoms with E-state index in [0.717, 1.165) is 24.2 Å². The van der Waals surface area contributed by atoms with Crippen LogP contribution in [-0.4, -0.2) is 22.7 Å². The van der Waals surface area contributed by atoms with E-state index < -0.39 is 0 Å². The maximum absolute atomic E-state index is 12.2. The average molecular weight is 395 g/mol. The summed E-state index contributed by atoms with van der Waals surface area (Å²) in [5.41, 5.74) is 1.32. The summed E-state index contributed by atoms with van der Waals surface area (Å²) in [7, 11) is 0. The molecule has 1 heterocycles. The van der Waals surface area contributed by atoms with Crippen molar-refractivity contribution in [2.75, 3.05) is 6.54 Å². The van der Waals surface area contributed by atoms with Crippen molar-refractivity contribution in [1.82, 2.24) is 10.3 Å². The van der Waals surface area contributed by atoms with Gasteiger partial charge in [0.1, 0.15) is 0 Å². The van der Waals surface area contributed by atoms with Crippen LogP contribution in [0.5, 0.6) is 0 Å². The first-order chi connectivity index (χ1) is 12.1. The van der Waals surface area contributed by atoms with Crippen molar-refractivity contribution >= 4 is 40.6 Å². The summed E-state index contributed by atoms with van der Waals surface area (Å²) in [5, 5.41) is 4.78. The Bertz CT molecular complexity index is 708. The highest BCUT2D eigenvalue weighted by Gasteiger charge is 2.16. The number of fused-ring (bicyclic) bond motifs is 1. The van der Waals surface area contributed by atoms with Gasteiger partial charge in [-0.15, -0.1) is 23.1 Å². The van der Waals surface area contributed by atoms with Crippen molar-refractivity contribution in [2.24, 2.45) is 0 Å². The normalized spacial score (nSPS) is 14.8. The molecule has 0 fully saturated rings. The van der Waals surface area contributed by atoms with E-state index in [9.17, 15) is 4.79 Å². The molecule has 0 bridgehead atoms. The molecule has 3 rings (SSSR count). The van der Waals surface area contributed by atoms with Crippen LogP contribution in [-0.2, 0) is 24.1 Å². The van der Waals surface area contributed by atoms with Crippen molar-refractivity contribution in [2.45, 2.75) is 55.6 Å². The van der Waals surface area contributed by atoms with E-state index in [1.165, 1.54) is 46.6 Å². The number of carbonyl (C=O) groups excluding carboxylic acids is 1. The Morgan fingerprint density at radius 3 is 2.96 bits per heavy atom. The lowest BCUT2D eigenvalue weighted by molar-refractivity contribution is -0.120. The molecule has 2 aromatic rings. The zero-order chi connectivity index (χ0) is 17.6. The Morgan fingerprint density at radius 2 is 2.16 bits per heavy atom. The van der Waals surface area contributed by atoms with Crippen LogP contribution in [0.15, 0.2) is 29.2 Å². The average Bonchev–Trinajstić information content (AvgIpc) is 3.03. The van der Waals surface area contributed by atoms with Crippen LogP contribution in [0.25, 0.3) is 0 Å². The first kappa shape index (κ1) is 18.7. The van der Waals surface area contributed by atoms with E-state index >= 15 is 0 Å². The van der Waals surface area contributed by atoms with Crippen LogP contribution in [0, 0.1) is 0 Å². The number of nitrogens with zero attached hydrogens (tertiary/aromatic N) is 1. The van der Waals surface area contributed by atoms with E-state index in [2.05, 4.69) is 5.32 Å². The summed E-state index contributed by atoms with van der Waals surface area (Å²) in [4.78, 5) is 19.4. The highest BCUT2D eigenvalue weighted by molar-refractivity contribution is 8.00. The van der Waals surface area contributed by atoms with Gasteiger partial charge in [0.2, 0.25) is 5.91 Å². The number of hydrogen-bond donors (Lipinski definition) is 1. The number of hydrogen-bond acceptors (Lipinski definition) is 4. The Morgan fingerprint density at radius 1 is 1.36 bits per heavy atom. The predicted octanol–water partition coefficient (Wildman–Crippen LogP) is 4.90. The van der Waals surface area contributed by atoms with Crippen molar-refractivity contribution in [3.8, 4) is 0 Å². The van der Waals surface area contributed by atoms with E-state index in [1.807, 2.05) is 42.5 Å². The molecule has 25 heavy (non-hydrogen) atoms. The molecule has 1 aromatic heterocycles. The minimum atomic E-state index is -0.160. The van der Waals surface area contributed by atoms with Gasteiger partial charge >= 0.3 is 0 Å². The van der Waals surface area contributed by atoms with Crippen LogP contribution in [0.2, 0.25) is 5.02 Å². The van der Waals surface area contributed by atoms with Crippen LogP contribution in [0.4, 0.5) is 0 Å². The minimum absolute atomic E-state index is 0.0587. The zero-order valence-corrected chi connectivity index (χ0v) is 16.8. The second-order valence-electron chi connectivity index (χ2n) is 6.27. The molecule has 1 aromatic carbocycles. The highest BCUT2D eigenvalue weighted by atomic mass is 35.5. The van der Waals surface area contributed by atoms with Gasteiger partial charge in [-0.3, -0.25) is 4.79 Å². The monoisotopic (exact) mass is 394 g/mol. The fourth-order valence-corrected chi connectivity index (χ4v) is 5.27. The van der Waals surface area contributed by atoms with Gasteiger partial charge in [0, 0.05) is 22.7 Å². The number of halogens is 1. The van der Waals surface area contributed by atoms with E-state index in [0.29, 0.717) is 11.6 Å². The van der Waals surface area contributed by atoms with E-state index in [-0.39, 0.29) is 11.2 Å². The molecule has 6 heteroatoms. The maximum Gasteiger partial charge on any atom is 0.233 e. The standard InChI is InChI=1S/C19H23ClN2OS2/c1-13(24-16-9-4-2-7-14(16)20)19(23)21-12-6-11-18-22-15-8-3-5-10-17(15)25-18/h2,4,7,9,13H,3,5-6,8,10-12H2,1H3,(H,21,23). The molecule has 0 saturated carbocycles. The predicted molar refractivity (Wildman–Crippen MR) is 107 cm³/mol. The van der Waals surface area contributed by atoms with Crippen molar-refractivity contribution in [3.63, 3.8) is 0 Å². The molecular weight excluding hydrogens is 372 g/mol. The third-order valence-corrected chi connectivity index (χ3v) is 7.10.